The van der Waals surface area contributed by atoms with Gasteiger partial charge in [-0.2, -0.15) is 0 Å². The Kier molecular flexibility index (Phi) is 19.0. The first-order valence-electron chi connectivity index (χ1n) is 17.7. The van der Waals surface area contributed by atoms with Gasteiger partial charge in [-0.25, -0.2) is 0 Å². The number of primary amides is 1. The summed E-state index contributed by atoms with van der Waals surface area (Å²) in [5, 5.41) is 83.8. The van der Waals surface area contributed by atoms with Crippen LogP contribution in [0.1, 0.15) is 58.1 Å². The van der Waals surface area contributed by atoms with E-state index in [1.807, 2.05) is 0 Å². The number of amides is 2. The fraction of sp³-hybridized carbons (Fsp3) is 0.667. The van der Waals surface area contributed by atoms with E-state index in [4.69, 9.17) is 19.9 Å². The van der Waals surface area contributed by atoms with Gasteiger partial charge in [-0.3, -0.25) is 28.8 Å². The quantitative estimate of drug-likeness (QED) is 0.0477. The molecule has 11 N–H and O–H groups in total. The molecule has 19 heteroatoms. The van der Waals surface area contributed by atoms with Crippen molar-refractivity contribution in [3.63, 3.8) is 0 Å². The molecule has 0 saturated carbocycles. The zero-order valence-electron chi connectivity index (χ0n) is 31.1. The predicted molar refractivity (Wildman–Crippen MR) is 187 cm³/mol. The second kappa shape index (κ2) is 22.1. The van der Waals surface area contributed by atoms with Crippen molar-refractivity contribution in [1.29, 1.82) is 0 Å². The first kappa shape index (κ1) is 47.4. The highest BCUT2D eigenvalue weighted by Crippen LogP contribution is 2.26. The second-order valence-corrected chi connectivity index (χ2v) is 14.0. The van der Waals surface area contributed by atoms with Crippen molar-refractivity contribution in [2.45, 2.75) is 121 Å². The summed E-state index contributed by atoms with van der Waals surface area (Å²) in [6, 6.07) is 5.37. The van der Waals surface area contributed by atoms with Gasteiger partial charge in [0.1, 0.15) is 61.2 Å². The molecule has 0 radical (unpaired) electrons. The molecule has 1 heterocycles. The standard InChI is InChI=1S/C36H54N2O17/c1-16(2)22(12-25(44)29(47)32(50)34(26(45)13-39)55-36-33(51)31(49)30(48)27(14-40)54-36)35(52)38-17(3)23(42)10-21(11-28(37)46)24(43)9-19-5-7-20(8-6-19)15-53-18(4)41/h5-8,16-17,21-22,26-27,29-34,36,39-40,45,47-51H,9-15H2,1-4H3,(H2,37,46)(H,38,52)/t17?,21?,22?,26-,27-,29+,30+,31+,32+,33-,34+,36+/m1/s1. The highest BCUT2D eigenvalue weighted by atomic mass is 16.7. The number of hydrogen-bond donors (Lipinski definition) is 10. The summed E-state index contributed by atoms with van der Waals surface area (Å²) in [4.78, 5) is 75.8. The summed E-state index contributed by atoms with van der Waals surface area (Å²) in [6.45, 7) is 3.86. The molecule has 2 amide bonds. The number of nitrogens with one attached hydrogen (secondary N) is 1. The van der Waals surface area contributed by atoms with Gasteiger partial charge in [-0.1, -0.05) is 38.1 Å². The predicted octanol–water partition coefficient (Wildman–Crippen LogP) is -3.69. The van der Waals surface area contributed by atoms with E-state index in [0.717, 1.165) is 0 Å². The number of carbonyl (C=O) groups excluding carboxylic acids is 6. The maximum atomic E-state index is 13.3. The fourth-order valence-electron chi connectivity index (χ4n) is 5.82. The molecule has 12 atom stereocenters. The third kappa shape index (κ3) is 14.0. The number of aliphatic hydroxyl groups excluding tert-OH is 8. The number of rotatable bonds is 23. The molecule has 1 aromatic rings. The van der Waals surface area contributed by atoms with E-state index < -0.39 is 147 Å². The molecule has 0 bridgehead atoms. The smallest absolute Gasteiger partial charge is 0.302 e. The van der Waals surface area contributed by atoms with Crippen molar-refractivity contribution in [1.82, 2.24) is 5.32 Å². The van der Waals surface area contributed by atoms with Crippen LogP contribution in [0.2, 0.25) is 0 Å². The van der Waals surface area contributed by atoms with E-state index in [9.17, 15) is 69.6 Å². The monoisotopic (exact) mass is 786 g/mol. The zero-order valence-corrected chi connectivity index (χ0v) is 31.1. The van der Waals surface area contributed by atoms with Gasteiger partial charge in [0.05, 0.1) is 19.3 Å². The van der Waals surface area contributed by atoms with Crippen molar-refractivity contribution in [2.24, 2.45) is 23.5 Å². The minimum Gasteiger partial charge on any atom is -0.461 e. The number of aliphatic hydroxyl groups is 8. The molecule has 1 aliphatic rings. The molecule has 3 unspecified atom stereocenters. The number of nitrogens with two attached hydrogens (primary N) is 1. The van der Waals surface area contributed by atoms with E-state index >= 15 is 0 Å². The SMILES string of the molecule is CC(=O)OCc1ccc(CC(=O)C(CC(N)=O)CC(=O)C(C)NC(=O)C(CC(=O)[C@H](O)[C@H](O)[C@@H](O[C@@H]2O[C@H](CO)[C@H](O)[C@H](O)[C@H]2O)[C@H](O)CO)C(C)C)cc1. The van der Waals surface area contributed by atoms with Gasteiger partial charge in [0, 0.05) is 44.4 Å². The summed E-state index contributed by atoms with van der Waals surface area (Å²) in [5.41, 5.74) is 6.60. The Hall–Kier alpha value is -3.76. The molecular formula is C36H54N2O17. The first-order valence-corrected chi connectivity index (χ1v) is 17.7. The number of ether oxygens (including phenoxy) is 3. The topological polar surface area (TPSA) is 330 Å². The molecule has 310 valence electrons. The molecule has 1 saturated heterocycles. The third-order valence-electron chi connectivity index (χ3n) is 9.29. The largest absolute Gasteiger partial charge is 0.461 e. The number of esters is 1. The summed E-state index contributed by atoms with van der Waals surface area (Å²) >= 11 is 0. The highest BCUT2D eigenvalue weighted by Gasteiger charge is 2.47. The van der Waals surface area contributed by atoms with Gasteiger partial charge in [0.15, 0.2) is 17.9 Å². The van der Waals surface area contributed by atoms with Gasteiger partial charge in [0.2, 0.25) is 11.8 Å². The Labute approximate surface area is 317 Å². The fourth-order valence-corrected chi connectivity index (χ4v) is 5.82. The van der Waals surface area contributed by atoms with Crippen LogP contribution in [0.4, 0.5) is 0 Å². The Balaban J connectivity index is 2.10. The van der Waals surface area contributed by atoms with Crippen molar-refractivity contribution in [3.05, 3.63) is 35.4 Å². The van der Waals surface area contributed by atoms with E-state index in [0.29, 0.717) is 11.1 Å². The lowest BCUT2D eigenvalue weighted by molar-refractivity contribution is -0.326. The van der Waals surface area contributed by atoms with Gasteiger partial charge >= 0.3 is 5.97 Å². The lowest BCUT2D eigenvalue weighted by Gasteiger charge is -2.42. The lowest BCUT2D eigenvalue weighted by atomic mass is 9.86. The maximum absolute atomic E-state index is 13.3. The molecule has 1 aliphatic heterocycles. The molecule has 1 aromatic carbocycles. The molecular weight excluding hydrogens is 732 g/mol. The normalized spacial score (nSPS) is 23.8. The number of carbonyl (C=O) groups is 6. The third-order valence-corrected chi connectivity index (χ3v) is 9.29. The van der Waals surface area contributed by atoms with Crippen LogP contribution in [-0.4, -0.2) is 150 Å². The van der Waals surface area contributed by atoms with Crippen LogP contribution in [0.15, 0.2) is 24.3 Å². The number of ketones is 3. The Morgan fingerprint density at radius 1 is 0.836 bits per heavy atom. The van der Waals surface area contributed by atoms with Crippen LogP contribution in [-0.2, 0) is 56.0 Å². The van der Waals surface area contributed by atoms with Crippen LogP contribution in [0, 0.1) is 17.8 Å². The van der Waals surface area contributed by atoms with Gasteiger partial charge in [0.25, 0.3) is 0 Å². The molecule has 55 heavy (non-hydrogen) atoms. The Bertz CT molecular complexity index is 1450. The summed E-state index contributed by atoms with van der Waals surface area (Å²) < 4.78 is 15.5. The van der Waals surface area contributed by atoms with Crippen molar-refractivity contribution >= 4 is 35.1 Å². The minimum atomic E-state index is -2.35. The van der Waals surface area contributed by atoms with Crippen molar-refractivity contribution in [2.75, 3.05) is 13.2 Å². The van der Waals surface area contributed by atoms with E-state index in [1.165, 1.54) is 13.8 Å². The van der Waals surface area contributed by atoms with E-state index in [-0.39, 0.29) is 13.0 Å². The van der Waals surface area contributed by atoms with Crippen LogP contribution < -0.4 is 11.1 Å². The molecule has 0 aliphatic carbocycles. The summed E-state index contributed by atoms with van der Waals surface area (Å²) in [5.74, 6) is -7.18. The van der Waals surface area contributed by atoms with Crippen molar-refractivity contribution < 1.29 is 83.8 Å². The molecule has 0 spiro atoms. The lowest BCUT2D eigenvalue weighted by Crippen LogP contribution is -2.61. The molecule has 2 rings (SSSR count). The first-order chi connectivity index (χ1) is 25.7. The van der Waals surface area contributed by atoms with Gasteiger partial charge < -0.3 is 66.1 Å². The van der Waals surface area contributed by atoms with E-state index in [2.05, 4.69) is 5.32 Å². The molecule has 0 aromatic heterocycles. The summed E-state index contributed by atoms with van der Waals surface area (Å²) in [7, 11) is 0. The number of Topliss-reactive ketones (excluding diaryl/α,β-unsaturated/α-hetero) is 3. The molecule has 19 nitrogen and oxygen atoms in total. The number of hydrogen-bond acceptors (Lipinski definition) is 17. The highest BCUT2D eigenvalue weighted by molar-refractivity contribution is 5.96. The van der Waals surface area contributed by atoms with Crippen LogP contribution >= 0.6 is 0 Å². The Morgan fingerprint density at radius 3 is 1.96 bits per heavy atom. The molecule has 1 fully saturated rings. The minimum absolute atomic E-state index is 0.0407. The zero-order chi connectivity index (χ0) is 41.7. The average Bonchev–Trinajstić information content (AvgIpc) is 3.13. The summed E-state index contributed by atoms with van der Waals surface area (Å²) in [6.07, 6.45) is -19.5. The van der Waals surface area contributed by atoms with E-state index in [1.54, 1.807) is 38.1 Å². The van der Waals surface area contributed by atoms with Crippen molar-refractivity contribution in [3.8, 4) is 0 Å². The van der Waals surface area contributed by atoms with Crippen LogP contribution in [0.5, 0.6) is 0 Å². The van der Waals surface area contributed by atoms with Gasteiger partial charge in [-0.05, 0) is 24.0 Å². The Morgan fingerprint density at radius 2 is 1.44 bits per heavy atom. The average molecular weight is 787 g/mol. The second-order valence-electron chi connectivity index (χ2n) is 14.0. The van der Waals surface area contributed by atoms with Crippen LogP contribution in [0.3, 0.4) is 0 Å². The van der Waals surface area contributed by atoms with Crippen LogP contribution in [0.25, 0.3) is 0 Å². The maximum Gasteiger partial charge on any atom is 0.302 e. The van der Waals surface area contributed by atoms with Gasteiger partial charge in [-0.15, -0.1) is 0 Å². The number of benzene rings is 1.